The van der Waals surface area contributed by atoms with Crippen molar-refractivity contribution in [3.8, 4) is 0 Å². The topological polar surface area (TPSA) is 73.4 Å². The smallest absolute Gasteiger partial charge is 0.308 e. The fourth-order valence-electron chi connectivity index (χ4n) is 3.07. The van der Waals surface area contributed by atoms with Gasteiger partial charge in [-0.2, -0.15) is 0 Å². The van der Waals surface area contributed by atoms with Gasteiger partial charge in [0, 0.05) is 29.7 Å². The first-order valence-corrected chi connectivity index (χ1v) is 7.17. The number of carboxylic acid groups (broad SMARTS) is 1. The van der Waals surface area contributed by atoms with Gasteiger partial charge < -0.3 is 15.0 Å². The minimum absolute atomic E-state index is 0.0732. The highest BCUT2D eigenvalue weighted by Crippen LogP contribution is 2.25. The minimum atomic E-state index is -0.817. The van der Waals surface area contributed by atoms with E-state index >= 15 is 0 Å². The van der Waals surface area contributed by atoms with Gasteiger partial charge in [-0.15, -0.1) is 0 Å². The Morgan fingerprint density at radius 1 is 1.33 bits per heavy atom. The molecule has 0 radical (unpaired) electrons. The van der Waals surface area contributed by atoms with E-state index in [1.807, 2.05) is 31.2 Å². The molecule has 0 spiro atoms. The summed E-state index contributed by atoms with van der Waals surface area (Å²) in [6.45, 7) is 2.81. The number of aryl methyl sites for hydroxylation is 1. The number of likely N-dealkylation sites (tertiary alicyclic amines) is 1. The van der Waals surface area contributed by atoms with Crippen molar-refractivity contribution < 1.29 is 14.7 Å². The quantitative estimate of drug-likeness (QED) is 0.890. The van der Waals surface area contributed by atoms with Crippen molar-refractivity contribution in [2.24, 2.45) is 5.92 Å². The number of aromatic nitrogens is 1. The second kappa shape index (κ2) is 5.24. The summed E-state index contributed by atoms with van der Waals surface area (Å²) in [5.41, 5.74) is 2.43. The number of carbonyl (C=O) groups excluding carboxylic acids is 1. The van der Waals surface area contributed by atoms with Gasteiger partial charge in [0.1, 0.15) is 0 Å². The van der Waals surface area contributed by atoms with Gasteiger partial charge in [-0.3, -0.25) is 9.59 Å². The SMILES string of the molecule is Cc1[nH]c2ccccc2c1C(=O)N1CCCC(C(=O)O)C1. The monoisotopic (exact) mass is 286 g/mol. The molecule has 1 aliphatic heterocycles. The maximum Gasteiger partial charge on any atom is 0.308 e. The molecular formula is C16H18N2O3. The number of nitrogens with one attached hydrogen (secondary N) is 1. The molecule has 2 aromatic rings. The first-order valence-electron chi connectivity index (χ1n) is 7.17. The van der Waals surface area contributed by atoms with E-state index in [1.165, 1.54) is 0 Å². The predicted octanol–water partition coefficient (Wildman–Crippen LogP) is 2.41. The van der Waals surface area contributed by atoms with E-state index in [1.54, 1.807) is 4.90 Å². The maximum absolute atomic E-state index is 12.8. The van der Waals surface area contributed by atoms with E-state index in [0.717, 1.165) is 23.0 Å². The third kappa shape index (κ3) is 2.39. The summed E-state index contributed by atoms with van der Waals surface area (Å²) in [5, 5.41) is 10.1. The molecule has 2 heterocycles. The zero-order valence-electron chi connectivity index (χ0n) is 11.9. The Bertz CT molecular complexity index is 705. The number of piperidine rings is 1. The van der Waals surface area contributed by atoms with Crippen LogP contribution in [-0.2, 0) is 4.79 Å². The van der Waals surface area contributed by atoms with Crippen molar-refractivity contribution in [3.05, 3.63) is 35.5 Å². The molecule has 1 aromatic heterocycles. The Balaban J connectivity index is 1.93. The first-order chi connectivity index (χ1) is 10.1. The van der Waals surface area contributed by atoms with Crippen LogP contribution in [0.4, 0.5) is 0 Å². The van der Waals surface area contributed by atoms with Crippen LogP contribution in [-0.4, -0.2) is 40.0 Å². The van der Waals surface area contributed by atoms with Crippen molar-refractivity contribution in [3.63, 3.8) is 0 Å². The number of nitrogens with zero attached hydrogens (tertiary/aromatic N) is 1. The molecule has 1 saturated heterocycles. The van der Waals surface area contributed by atoms with Gasteiger partial charge in [-0.1, -0.05) is 18.2 Å². The van der Waals surface area contributed by atoms with Crippen LogP contribution in [0.25, 0.3) is 10.9 Å². The predicted molar refractivity (Wildman–Crippen MR) is 79.3 cm³/mol. The van der Waals surface area contributed by atoms with Crippen LogP contribution in [0.5, 0.6) is 0 Å². The van der Waals surface area contributed by atoms with Crippen molar-refractivity contribution in [2.75, 3.05) is 13.1 Å². The molecule has 1 amide bonds. The highest BCUT2D eigenvalue weighted by atomic mass is 16.4. The summed E-state index contributed by atoms with van der Waals surface area (Å²) in [4.78, 5) is 28.8. The van der Waals surface area contributed by atoms with Gasteiger partial charge in [0.25, 0.3) is 5.91 Å². The Morgan fingerprint density at radius 3 is 2.86 bits per heavy atom. The second-order valence-corrected chi connectivity index (χ2v) is 5.60. The summed E-state index contributed by atoms with van der Waals surface area (Å²) < 4.78 is 0. The number of hydrogen-bond donors (Lipinski definition) is 2. The van der Waals surface area contributed by atoms with Crippen LogP contribution in [0.1, 0.15) is 28.9 Å². The fourth-order valence-corrected chi connectivity index (χ4v) is 3.07. The lowest BCUT2D eigenvalue weighted by molar-refractivity contribution is -0.143. The molecule has 1 aromatic carbocycles. The van der Waals surface area contributed by atoms with Crippen LogP contribution < -0.4 is 0 Å². The van der Waals surface area contributed by atoms with E-state index in [2.05, 4.69) is 4.98 Å². The number of fused-ring (bicyclic) bond motifs is 1. The van der Waals surface area contributed by atoms with Gasteiger partial charge in [0.05, 0.1) is 11.5 Å². The van der Waals surface area contributed by atoms with Crippen LogP contribution in [0.3, 0.4) is 0 Å². The number of rotatable bonds is 2. The average Bonchev–Trinajstić information content (AvgIpc) is 2.82. The van der Waals surface area contributed by atoms with E-state index in [-0.39, 0.29) is 5.91 Å². The highest BCUT2D eigenvalue weighted by molar-refractivity contribution is 6.08. The molecule has 0 saturated carbocycles. The summed E-state index contributed by atoms with van der Waals surface area (Å²) in [6, 6.07) is 7.69. The molecule has 5 nitrogen and oxygen atoms in total. The third-order valence-corrected chi connectivity index (χ3v) is 4.17. The van der Waals surface area contributed by atoms with Crippen LogP contribution >= 0.6 is 0 Å². The maximum atomic E-state index is 12.8. The number of aliphatic carboxylic acids is 1. The number of carboxylic acids is 1. The van der Waals surface area contributed by atoms with E-state index < -0.39 is 11.9 Å². The summed E-state index contributed by atoms with van der Waals surface area (Å²) in [6.07, 6.45) is 1.39. The standard InChI is InChI=1S/C16H18N2O3/c1-10-14(12-6-2-3-7-13(12)17-10)15(19)18-8-4-5-11(9-18)16(20)21/h2-3,6-7,11,17H,4-5,8-9H2,1H3,(H,20,21). The lowest BCUT2D eigenvalue weighted by atomic mass is 9.97. The van der Waals surface area contributed by atoms with Crippen molar-refractivity contribution in [2.45, 2.75) is 19.8 Å². The second-order valence-electron chi connectivity index (χ2n) is 5.60. The largest absolute Gasteiger partial charge is 0.481 e. The molecule has 1 atom stereocenters. The van der Waals surface area contributed by atoms with Crippen LogP contribution in [0, 0.1) is 12.8 Å². The molecule has 1 aliphatic rings. The Labute approximate surface area is 122 Å². The number of amides is 1. The lowest BCUT2D eigenvalue weighted by Crippen LogP contribution is -2.42. The molecule has 1 unspecified atom stereocenters. The molecule has 1 fully saturated rings. The van der Waals surface area contributed by atoms with Gasteiger partial charge >= 0.3 is 5.97 Å². The molecular weight excluding hydrogens is 268 g/mol. The molecule has 0 aliphatic carbocycles. The third-order valence-electron chi connectivity index (χ3n) is 4.17. The number of hydrogen-bond acceptors (Lipinski definition) is 2. The van der Waals surface area contributed by atoms with Crippen LogP contribution in [0.15, 0.2) is 24.3 Å². The number of H-pyrrole nitrogens is 1. The summed E-state index contributed by atoms with van der Waals surface area (Å²) in [7, 11) is 0. The van der Waals surface area contributed by atoms with Gasteiger partial charge in [0.2, 0.25) is 0 Å². The number of carbonyl (C=O) groups is 2. The zero-order chi connectivity index (χ0) is 15.0. The lowest BCUT2D eigenvalue weighted by Gasteiger charge is -2.30. The van der Waals surface area contributed by atoms with Crippen molar-refractivity contribution >= 4 is 22.8 Å². The molecule has 0 bridgehead atoms. The number of benzene rings is 1. The fraction of sp³-hybridized carbons (Fsp3) is 0.375. The number of aromatic amines is 1. The minimum Gasteiger partial charge on any atom is -0.481 e. The van der Waals surface area contributed by atoms with Crippen molar-refractivity contribution in [1.29, 1.82) is 0 Å². The van der Waals surface area contributed by atoms with Crippen molar-refractivity contribution in [1.82, 2.24) is 9.88 Å². The zero-order valence-corrected chi connectivity index (χ0v) is 11.9. The van der Waals surface area contributed by atoms with Gasteiger partial charge in [-0.25, -0.2) is 0 Å². The molecule has 2 N–H and O–H groups in total. The van der Waals surface area contributed by atoms with E-state index in [4.69, 9.17) is 5.11 Å². The Morgan fingerprint density at radius 2 is 2.10 bits per heavy atom. The van der Waals surface area contributed by atoms with Crippen LogP contribution in [0.2, 0.25) is 0 Å². The molecule has 3 rings (SSSR count). The molecule has 5 heteroatoms. The van der Waals surface area contributed by atoms with E-state index in [0.29, 0.717) is 25.1 Å². The normalized spacial score (nSPS) is 18.9. The van der Waals surface area contributed by atoms with Gasteiger partial charge in [-0.05, 0) is 25.8 Å². The summed E-state index contributed by atoms with van der Waals surface area (Å²) in [5.74, 6) is -1.34. The Hall–Kier alpha value is -2.30. The van der Waals surface area contributed by atoms with Gasteiger partial charge in [0.15, 0.2) is 0 Å². The molecule has 21 heavy (non-hydrogen) atoms. The highest BCUT2D eigenvalue weighted by Gasteiger charge is 2.30. The molecule has 110 valence electrons. The average molecular weight is 286 g/mol. The first kappa shape index (κ1) is 13.7. The summed E-state index contributed by atoms with van der Waals surface area (Å²) >= 11 is 0. The Kier molecular flexibility index (Phi) is 3.41. The van der Waals surface area contributed by atoms with E-state index in [9.17, 15) is 9.59 Å². The number of para-hydroxylation sites is 1.